The molecule has 0 atom stereocenters. The van der Waals surface area contributed by atoms with E-state index >= 15 is 0 Å². The maximum absolute atomic E-state index is 10.6. The molecule has 0 fully saturated rings. The van der Waals surface area contributed by atoms with Crippen LogP contribution in [0.1, 0.15) is 16.1 Å². The maximum Gasteiger partial charge on any atom is 0.170 e. The number of aromatic nitrogens is 2. The molecule has 0 spiro atoms. The van der Waals surface area contributed by atoms with Gasteiger partial charge in [-0.25, -0.2) is 0 Å². The van der Waals surface area contributed by atoms with Gasteiger partial charge >= 0.3 is 0 Å². The van der Waals surface area contributed by atoms with E-state index in [1.54, 1.807) is 10.7 Å². The number of carbonyl (C=O) groups is 1. The summed E-state index contributed by atoms with van der Waals surface area (Å²) in [5, 5.41) is 4.10. The second-order valence-electron chi connectivity index (χ2n) is 3.51. The van der Waals surface area contributed by atoms with Crippen LogP contribution in [0.3, 0.4) is 0 Å². The Balaban J connectivity index is 2.58. The zero-order chi connectivity index (χ0) is 10.8. The molecule has 0 saturated carbocycles. The monoisotopic (exact) mass is 200 g/mol. The maximum atomic E-state index is 10.6. The lowest BCUT2D eigenvalue weighted by Crippen LogP contribution is -1.95. The molecule has 2 aromatic rings. The summed E-state index contributed by atoms with van der Waals surface area (Å²) in [7, 11) is 1.84. The van der Waals surface area contributed by atoms with Crippen molar-refractivity contribution < 1.29 is 4.79 Å². The van der Waals surface area contributed by atoms with Crippen LogP contribution in [0.2, 0.25) is 0 Å². The number of nitrogens with zero attached hydrogens (tertiary/aromatic N) is 2. The molecular weight excluding hydrogens is 188 g/mol. The van der Waals surface area contributed by atoms with E-state index in [0.29, 0.717) is 5.69 Å². The van der Waals surface area contributed by atoms with Crippen molar-refractivity contribution in [2.24, 2.45) is 7.05 Å². The standard InChI is InChI=1S/C12H12N2O/c1-9-5-3-4-6-11(9)12-7-10(8-15)13-14(12)2/h3-8H,1-2H3. The Kier molecular flexibility index (Phi) is 2.37. The smallest absolute Gasteiger partial charge is 0.170 e. The molecule has 0 aliphatic heterocycles. The van der Waals surface area contributed by atoms with Gasteiger partial charge in [-0.2, -0.15) is 5.10 Å². The van der Waals surface area contributed by atoms with Gasteiger partial charge < -0.3 is 0 Å². The lowest BCUT2D eigenvalue weighted by atomic mass is 10.1. The molecule has 0 N–H and O–H groups in total. The van der Waals surface area contributed by atoms with Crippen LogP contribution in [-0.2, 0) is 7.05 Å². The zero-order valence-electron chi connectivity index (χ0n) is 8.77. The fourth-order valence-electron chi connectivity index (χ4n) is 1.66. The molecule has 0 unspecified atom stereocenters. The van der Waals surface area contributed by atoms with Gasteiger partial charge in [0, 0.05) is 12.6 Å². The highest BCUT2D eigenvalue weighted by Crippen LogP contribution is 2.22. The van der Waals surface area contributed by atoms with E-state index in [1.807, 2.05) is 38.2 Å². The Bertz CT molecular complexity index is 500. The van der Waals surface area contributed by atoms with Gasteiger partial charge in [-0.05, 0) is 18.6 Å². The predicted molar refractivity (Wildman–Crippen MR) is 58.8 cm³/mol. The predicted octanol–water partition coefficient (Wildman–Crippen LogP) is 2.21. The molecule has 3 nitrogen and oxygen atoms in total. The van der Waals surface area contributed by atoms with Gasteiger partial charge in [0.25, 0.3) is 0 Å². The van der Waals surface area contributed by atoms with Crippen molar-refractivity contribution in [3.63, 3.8) is 0 Å². The highest BCUT2D eigenvalue weighted by molar-refractivity contribution is 5.76. The van der Waals surface area contributed by atoms with Gasteiger partial charge in [0.05, 0.1) is 5.69 Å². The van der Waals surface area contributed by atoms with E-state index in [-0.39, 0.29) is 0 Å². The van der Waals surface area contributed by atoms with Crippen molar-refractivity contribution in [2.45, 2.75) is 6.92 Å². The quantitative estimate of drug-likeness (QED) is 0.696. The molecule has 0 aliphatic carbocycles. The highest BCUT2D eigenvalue weighted by Gasteiger charge is 2.08. The van der Waals surface area contributed by atoms with Crippen molar-refractivity contribution in [3.05, 3.63) is 41.6 Å². The highest BCUT2D eigenvalue weighted by atomic mass is 16.1. The fraction of sp³-hybridized carbons (Fsp3) is 0.167. The number of aryl methyl sites for hydroxylation is 2. The first-order valence-corrected chi connectivity index (χ1v) is 4.77. The van der Waals surface area contributed by atoms with Crippen LogP contribution in [0.15, 0.2) is 30.3 Å². The molecule has 15 heavy (non-hydrogen) atoms. The minimum atomic E-state index is 0.468. The first-order valence-electron chi connectivity index (χ1n) is 4.77. The van der Waals surface area contributed by atoms with Crippen LogP contribution in [0.5, 0.6) is 0 Å². The molecule has 2 rings (SSSR count). The summed E-state index contributed by atoms with van der Waals surface area (Å²) in [4.78, 5) is 10.6. The van der Waals surface area contributed by atoms with E-state index in [9.17, 15) is 4.79 Å². The average molecular weight is 200 g/mol. The second-order valence-corrected chi connectivity index (χ2v) is 3.51. The minimum Gasteiger partial charge on any atom is -0.296 e. The van der Waals surface area contributed by atoms with Crippen molar-refractivity contribution in [1.29, 1.82) is 0 Å². The molecule has 0 amide bonds. The Labute approximate surface area is 88.4 Å². The summed E-state index contributed by atoms with van der Waals surface area (Å²) in [6, 6.07) is 9.85. The largest absolute Gasteiger partial charge is 0.296 e. The van der Waals surface area contributed by atoms with Crippen LogP contribution in [0.4, 0.5) is 0 Å². The SMILES string of the molecule is Cc1ccccc1-c1cc(C=O)nn1C. The summed E-state index contributed by atoms with van der Waals surface area (Å²) in [5.41, 5.74) is 3.73. The Morgan fingerprint density at radius 2 is 2.07 bits per heavy atom. The van der Waals surface area contributed by atoms with Crippen molar-refractivity contribution in [1.82, 2.24) is 9.78 Å². The van der Waals surface area contributed by atoms with E-state index in [1.165, 1.54) is 5.56 Å². The Morgan fingerprint density at radius 3 is 2.67 bits per heavy atom. The third kappa shape index (κ3) is 1.68. The second kappa shape index (κ2) is 3.69. The molecule has 0 bridgehead atoms. The fourth-order valence-corrected chi connectivity index (χ4v) is 1.66. The lowest BCUT2D eigenvalue weighted by Gasteiger charge is -2.04. The number of aldehydes is 1. The van der Waals surface area contributed by atoms with E-state index in [4.69, 9.17) is 0 Å². The van der Waals surface area contributed by atoms with Gasteiger partial charge in [-0.3, -0.25) is 9.48 Å². The number of rotatable bonds is 2. The summed E-state index contributed by atoms with van der Waals surface area (Å²) < 4.78 is 1.73. The van der Waals surface area contributed by atoms with Crippen LogP contribution in [-0.4, -0.2) is 16.1 Å². The number of benzene rings is 1. The molecule has 1 aromatic heterocycles. The molecule has 0 aliphatic rings. The minimum absolute atomic E-state index is 0.468. The van der Waals surface area contributed by atoms with Gasteiger partial charge in [-0.15, -0.1) is 0 Å². The van der Waals surface area contributed by atoms with Gasteiger partial charge in [0.1, 0.15) is 5.69 Å². The lowest BCUT2D eigenvalue weighted by molar-refractivity contribution is 0.111. The number of carbonyl (C=O) groups excluding carboxylic acids is 1. The molecule has 0 saturated heterocycles. The van der Waals surface area contributed by atoms with Gasteiger partial charge in [-0.1, -0.05) is 24.3 Å². The molecule has 1 heterocycles. The molecule has 0 radical (unpaired) electrons. The first kappa shape index (κ1) is 9.65. The van der Waals surface area contributed by atoms with Crippen LogP contribution >= 0.6 is 0 Å². The molecule has 1 aromatic carbocycles. The molecule has 3 heteroatoms. The summed E-state index contributed by atoms with van der Waals surface area (Å²) in [6.45, 7) is 2.04. The normalized spacial score (nSPS) is 10.3. The van der Waals surface area contributed by atoms with E-state index < -0.39 is 0 Å². The van der Waals surface area contributed by atoms with Crippen molar-refractivity contribution in [3.8, 4) is 11.3 Å². The van der Waals surface area contributed by atoms with Crippen molar-refractivity contribution in [2.75, 3.05) is 0 Å². The van der Waals surface area contributed by atoms with Crippen LogP contribution in [0, 0.1) is 6.92 Å². The van der Waals surface area contributed by atoms with E-state index in [2.05, 4.69) is 5.10 Å². The summed E-state index contributed by atoms with van der Waals surface area (Å²) in [5.74, 6) is 0. The molecular formula is C12H12N2O. The van der Waals surface area contributed by atoms with Gasteiger partial charge in [0.15, 0.2) is 6.29 Å². The Morgan fingerprint density at radius 1 is 1.33 bits per heavy atom. The topological polar surface area (TPSA) is 34.9 Å². The third-order valence-corrected chi connectivity index (χ3v) is 2.44. The number of hydrogen-bond acceptors (Lipinski definition) is 2. The van der Waals surface area contributed by atoms with Crippen LogP contribution in [0.25, 0.3) is 11.3 Å². The molecule has 76 valence electrons. The van der Waals surface area contributed by atoms with Crippen molar-refractivity contribution >= 4 is 6.29 Å². The summed E-state index contributed by atoms with van der Waals surface area (Å²) >= 11 is 0. The summed E-state index contributed by atoms with van der Waals surface area (Å²) in [6.07, 6.45) is 0.766. The van der Waals surface area contributed by atoms with E-state index in [0.717, 1.165) is 17.5 Å². The van der Waals surface area contributed by atoms with Gasteiger partial charge in [0.2, 0.25) is 0 Å². The average Bonchev–Trinajstić information content (AvgIpc) is 2.60. The van der Waals surface area contributed by atoms with Crippen LogP contribution < -0.4 is 0 Å². The third-order valence-electron chi connectivity index (χ3n) is 2.44. The first-order chi connectivity index (χ1) is 7.22. The Hall–Kier alpha value is -1.90. The zero-order valence-corrected chi connectivity index (χ0v) is 8.77. The number of hydrogen-bond donors (Lipinski definition) is 0.